The first-order valence-electron chi connectivity index (χ1n) is 8.96. The first-order valence-corrected chi connectivity index (χ1v) is 9.72. The van der Waals surface area contributed by atoms with Crippen molar-refractivity contribution in [2.24, 2.45) is 4.99 Å². The van der Waals surface area contributed by atoms with E-state index in [0.717, 1.165) is 37.8 Å². The van der Waals surface area contributed by atoms with Gasteiger partial charge in [-0.1, -0.05) is 47.5 Å². The highest BCUT2D eigenvalue weighted by Gasteiger charge is 2.14. The minimum absolute atomic E-state index is 0. The third-order valence-corrected chi connectivity index (χ3v) is 5.06. The van der Waals surface area contributed by atoms with E-state index in [4.69, 9.17) is 27.9 Å². The van der Waals surface area contributed by atoms with Gasteiger partial charge in [-0.05, 0) is 29.3 Å². The summed E-state index contributed by atoms with van der Waals surface area (Å²) in [4.78, 5) is 6.66. The van der Waals surface area contributed by atoms with Crippen LogP contribution in [0, 0.1) is 0 Å². The summed E-state index contributed by atoms with van der Waals surface area (Å²) in [5, 5.41) is 7.94. The molecular formula is C20H25Cl2IN4O. The van der Waals surface area contributed by atoms with Gasteiger partial charge in [0, 0.05) is 49.0 Å². The molecule has 0 spiro atoms. The molecule has 0 atom stereocenters. The Morgan fingerprint density at radius 2 is 1.71 bits per heavy atom. The molecule has 1 aliphatic rings. The molecule has 0 aliphatic carbocycles. The van der Waals surface area contributed by atoms with Gasteiger partial charge in [0.25, 0.3) is 0 Å². The van der Waals surface area contributed by atoms with E-state index < -0.39 is 0 Å². The van der Waals surface area contributed by atoms with Crippen molar-refractivity contribution >= 4 is 58.8 Å². The predicted octanol–water partition coefficient (Wildman–Crippen LogP) is 4.31. The van der Waals surface area contributed by atoms with Gasteiger partial charge in [-0.2, -0.15) is 0 Å². The molecule has 1 aliphatic heterocycles. The molecule has 2 N–H and O–H groups in total. The number of morpholine rings is 1. The zero-order valence-electron chi connectivity index (χ0n) is 15.8. The maximum absolute atomic E-state index is 6.24. The number of nitrogens with zero attached hydrogens (tertiary/aromatic N) is 2. The molecule has 2 aromatic carbocycles. The highest BCUT2D eigenvalue weighted by atomic mass is 127. The lowest BCUT2D eigenvalue weighted by Crippen LogP contribution is -2.39. The van der Waals surface area contributed by atoms with Crippen molar-refractivity contribution in [3.63, 3.8) is 0 Å². The third-order valence-electron chi connectivity index (χ3n) is 4.47. The van der Waals surface area contributed by atoms with E-state index in [9.17, 15) is 0 Å². The molecule has 0 bridgehead atoms. The van der Waals surface area contributed by atoms with Crippen molar-refractivity contribution in [2.75, 3.05) is 38.3 Å². The van der Waals surface area contributed by atoms with Crippen molar-refractivity contribution in [3.8, 4) is 0 Å². The number of nitrogens with one attached hydrogen (secondary N) is 2. The molecule has 1 fully saturated rings. The molecule has 1 heterocycles. The first-order chi connectivity index (χ1) is 13.2. The maximum atomic E-state index is 6.24. The number of aliphatic imine (C=N–C) groups is 1. The van der Waals surface area contributed by atoms with Crippen LogP contribution < -0.4 is 15.5 Å². The van der Waals surface area contributed by atoms with Crippen LogP contribution in [0.5, 0.6) is 0 Å². The van der Waals surface area contributed by atoms with E-state index >= 15 is 0 Å². The van der Waals surface area contributed by atoms with Gasteiger partial charge in [-0.25, -0.2) is 0 Å². The molecule has 0 saturated carbocycles. The van der Waals surface area contributed by atoms with Crippen LogP contribution >= 0.6 is 47.2 Å². The van der Waals surface area contributed by atoms with Gasteiger partial charge in [0.15, 0.2) is 5.96 Å². The summed E-state index contributed by atoms with van der Waals surface area (Å²) in [6.07, 6.45) is 0. The zero-order chi connectivity index (χ0) is 19.1. The smallest absolute Gasteiger partial charge is 0.191 e. The largest absolute Gasteiger partial charge is 0.378 e. The van der Waals surface area contributed by atoms with Crippen molar-refractivity contribution in [1.82, 2.24) is 10.6 Å². The van der Waals surface area contributed by atoms with Crippen molar-refractivity contribution < 1.29 is 4.74 Å². The number of guanidine groups is 1. The van der Waals surface area contributed by atoms with Crippen LogP contribution in [-0.2, 0) is 17.8 Å². The summed E-state index contributed by atoms with van der Waals surface area (Å²) < 4.78 is 5.46. The molecule has 3 rings (SSSR count). The van der Waals surface area contributed by atoms with Crippen LogP contribution in [0.2, 0.25) is 10.0 Å². The van der Waals surface area contributed by atoms with Crippen molar-refractivity contribution in [1.29, 1.82) is 0 Å². The maximum Gasteiger partial charge on any atom is 0.191 e. The Balaban J connectivity index is 0.00000280. The molecule has 0 unspecified atom stereocenters. The summed E-state index contributed by atoms with van der Waals surface area (Å²) in [5.74, 6) is 0.720. The normalized spacial score (nSPS) is 14.4. The first kappa shape index (κ1) is 23.1. The highest BCUT2D eigenvalue weighted by molar-refractivity contribution is 14.0. The number of hydrogen-bond donors (Lipinski definition) is 2. The average molecular weight is 535 g/mol. The predicted molar refractivity (Wildman–Crippen MR) is 128 cm³/mol. The standard InChI is InChI=1S/C20H24Cl2N4O.HI/c1-23-20(24-13-15-6-7-17(21)12-18(15)22)25-14-16-4-2-3-5-19(16)26-8-10-27-11-9-26;/h2-7,12H,8-11,13-14H2,1H3,(H2,23,24,25);1H. The third kappa shape index (κ3) is 6.40. The van der Waals surface area contributed by atoms with Crippen LogP contribution in [0.15, 0.2) is 47.5 Å². The van der Waals surface area contributed by atoms with Gasteiger partial charge < -0.3 is 20.3 Å². The molecule has 8 heteroatoms. The Labute approximate surface area is 193 Å². The molecule has 0 radical (unpaired) electrons. The molecule has 5 nitrogen and oxygen atoms in total. The summed E-state index contributed by atoms with van der Waals surface area (Å²) in [7, 11) is 1.76. The van der Waals surface area contributed by atoms with Gasteiger partial charge in [0.05, 0.1) is 13.2 Å². The molecule has 1 saturated heterocycles. The molecule has 28 heavy (non-hydrogen) atoms. The zero-order valence-corrected chi connectivity index (χ0v) is 19.6. The Hall–Kier alpha value is -1.22. The summed E-state index contributed by atoms with van der Waals surface area (Å²) in [5.41, 5.74) is 3.44. The average Bonchev–Trinajstić information content (AvgIpc) is 2.70. The molecule has 0 aromatic heterocycles. The van der Waals surface area contributed by atoms with E-state index in [0.29, 0.717) is 23.1 Å². The quantitative estimate of drug-likeness (QED) is 0.341. The summed E-state index contributed by atoms with van der Waals surface area (Å²) in [6, 6.07) is 13.9. The van der Waals surface area contributed by atoms with Crippen LogP contribution in [0.4, 0.5) is 5.69 Å². The van der Waals surface area contributed by atoms with E-state index in [-0.39, 0.29) is 24.0 Å². The van der Waals surface area contributed by atoms with Crippen molar-refractivity contribution in [2.45, 2.75) is 13.1 Å². The lowest BCUT2D eigenvalue weighted by Gasteiger charge is -2.30. The second-order valence-corrected chi connectivity index (χ2v) is 7.09. The summed E-state index contributed by atoms with van der Waals surface area (Å²) in [6.45, 7) is 4.63. The fourth-order valence-corrected chi connectivity index (χ4v) is 3.49. The van der Waals surface area contributed by atoms with E-state index in [1.54, 1.807) is 13.1 Å². The Bertz CT molecular complexity index is 798. The monoisotopic (exact) mass is 534 g/mol. The van der Waals surface area contributed by atoms with Gasteiger partial charge in [0.1, 0.15) is 0 Å². The second-order valence-electron chi connectivity index (χ2n) is 6.24. The van der Waals surface area contributed by atoms with Crippen LogP contribution in [0.25, 0.3) is 0 Å². The van der Waals surface area contributed by atoms with Gasteiger partial charge in [0.2, 0.25) is 0 Å². The van der Waals surface area contributed by atoms with Gasteiger partial charge in [-0.3, -0.25) is 4.99 Å². The number of hydrogen-bond acceptors (Lipinski definition) is 3. The SMILES string of the molecule is CN=C(NCc1ccc(Cl)cc1Cl)NCc1ccccc1N1CCOCC1.I. The summed E-state index contributed by atoms with van der Waals surface area (Å²) >= 11 is 12.2. The molecule has 2 aromatic rings. The number of halogens is 3. The van der Waals surface area contributed by atoms with Gasteiger partial charge in [-0.15, -0.1) is 24.0 Å². The number of para-hydroxylation sites is 1. The number of anilines is 1. The van der Waals surface area contributed by atoms with E-state index in [1.165, 1.54) is 11.3 Å². The number of ether oxygens (including phenoxy) is 1. The Morgan fingerprint density at radius 3 is 2.39 bits per heavy atom. The molecule has 152 valence electrons. The van der Waals surface area contributed by atoms with Gasteiger partial charge >= 0.3 is 0 Å². The highest BCUT2D eigenvalue weighted by Crippen LogP contribution is 2.22. The lowest BCUT2D eigenvalue weighted by molar-refractivity contribution is 0.122. The number of benzene rings is 2. The van der Waals surface area contributed by atoms with E-state index in [1.807, 2.05) is 12.1 Å². The molecular weight excluding hydrogens is 510 g/mol. The minimum Gasteiger partial charge on any atom is -0.378 e. The number of rotatable bonds is 5. The topological polar surface area (TPSA) is 48.9 Å². The van der Waals surface area contributed by atoms with Crippen LogP contribution in [-0.4, -0.2) is 39.3 Å². The minimum atomic E-state index is 0. The van der Waals surface area contributed by atoms with Crippen LogP contribution in [0.3, 0.4) is 0 Å². The van der Waals surface area contributed by atoms with Crippen molar-refractivity contribution in [3.05, 3.63) is 63.6 Å². The lowest BCUT2D eigenvalue weighted by atomic mass is 10.1. The second kappa shape index (κ2) is 11.7. The molecule has 0 amide bonds. The fourth-order valence-electron chi connectivity index (χ4n) is 3.02. The Kier molecular flexibility index (Phi) is 9.64. The Morgan fingerprint density at radius 1 is 1.04 bits per heavy atom. The van der Waals surface area contributed by atoms with E-state index in [2.05, 4.69) is 44.8 Å². The van der Waals surface area contributed by atoms with Crippen LogP contribution in [0.1, 0.15) is 11.1 Å². The fraction of sp³-hybridized carbons (Fsp3) is 0.350.